The second-order valence-corrected chi connectivity index (χ2v) is 3.75. The SMILES string of the molecule is Cc1cc(OCC(=O)O)c(C)c(C)c1C. The minimum Gasteiger partial charge on any atom is -0.482 e. The average molecular weight is 208 g/mol. The molecule has 0 aliphatic rings. The summed E-state index contributed by atoms with van der Waals surface area (Å²) in [5.74, 6) is -0.289. The lowest BCUT2D eigenvalue weighted by Crippen LogP contribution is -2.10. The number of hydrogen-bond acceptors (Lipinski definition) is 2. The predicted octanol–water partition coefficient (Wildman–Crippen LogP) is 2.38. The molecule has 15 heavy (non-hydrogen) atoms. The van der Waals surface area contributed by atoms with Gasteiger partial charge in [0, 0.05) is 0 Å². The number of hydrogen-bond donors (Lipinski definition) is 1. The van der Waals surface area contributed by atoms with Crippen LogP contribution in [0.1, 0.15) is 22.3 Å². The molecule has 3 nitrogen and oxygen atoms in total. The molecular weight excluding hydrogens is 192 g/mol. The van der Waals surface area contributed by atoms with E-state index < -0.39 is 5.97 Å². The van der Waals surface area contributed by atoms with E-state index in [1.165, 1.54) is 5.56 Å². The molecule has 0 saturated carbocycles. The standard InChI is InChI=1S/C12H16O3/c1-7-5-11(15-6-12(13)14)10(4)9(3)8(7)2/h5H,6H2,1-4H3,(H,13,14). The summed E-state index contributed by atoms with van der Waals surface area (Å²) in [5, 5.41) is 8.53. The van der Waals surface area contributed by atoms with E-state index in [1.807, 2.05) is 26.8 Å². The van der Waals surface area contributed by atoms with Gasteiger partial charge in [0.05, 0.1) is 0 Å². The maximum absolute atomic E-state index is 10.4. The van der Waals surface area contributed by atoms with Crippen molar-refractivity contribution >= 4 is 5.97 Å². The zero-order valence-corrected chi connectivity index (χ0v) is 9.55. The Morgan fingerprint density at radius 3 is 2.33 bits per heavy atom. The van der Waals surface area contributed by atoms with Crippen LogP contribution in [0.15, 0.2) is 6.07 Å². The van der Waals surface area contributed by atoms with Gasteiger partial charge in [0.25, 0.3) is 0 Å². The summed E-state index contributed by atoms with van der Waals surface area (Å²) in [7, 11) is 0. The zero-order valence-electron chi connectivity index (χ0n) is 9.55. The van der Waals surface area contributed by atoms with Crippen LogP contribution in [0.2, 0.25) is 0 Å². The van der Waals surface area contributed by atoms with Crippen molar-refractivity contribution in [1.29, 1.82) is 0 Å². The van der Waals surface area contributed by atoms with E-state index in [-0.39, 0.29) is 6.61 Å². The number of benzene rings is 1. The van der Waals surface area contributed by atoms with Crippen LogP contribution in [0.25, 0.3) is 0 Å². The molecule has 0 amide bonds. The van der Waals surface area contributed by atoms with Crippen LogP contribution in [0.3, 0.4) is 0 Å². The average Bonchev–Trinajstić information content (AvgIpc) is 2.18. The highest BCUT2D eigenvalue weighted by molar-refractivity contribution is 5.68. The van der Waals surface area contributed by atoms with Gasteiger partial charge in [-0.1, -0.05) is 0 Å². The number of aryl methyl sites for hydroxylation is 1. The van der Waals surface area contributed by atoms with Gasteiger partial charge in [-0.3, -0.25) is 0 Å². The monoisotopic (exact) mass is 208 g/mol. The first kappa shape index (κ1) is 11.6. The van der Waals surface area contributed by atoms with Crippen LogP contribution in [-0.2, 0) is 4.79 Å². The number of ether oxygens (including phenoxy) is 1. The molecule has 1 aromatic rings. The molecule has 0 aliphatic carbocycles. The van der Waals surface area contributed by atoms with Crippen molar-refractivity contribution in [2.75, 3.05) is 6.61 Å². The van der Waals surface area contributed by atoms with Crippen molar-refractivity contribution in [3.8, 4) is 5.75 Å². The smallest absolute Gasteiger partial charge is 0.341 e. The van der Waals surface area contributed by atoms with Crippen LogP contribution in [0.4, 0.5) is 0 Å². The first-order valence-electron chi connectivity index (χ1n) is 4.85. The molecule has 82 valence electrons. The van der Waals surface area contributed by atoms with E-state index >= 15 is 0 Å². The molecular formula is C12H16O3. The maximum atomic E-state index is 10.4. The fraction of sp³-hybridized carbons (Fsp3) is 0.417. The highest BCUT2D eigenvalue weighted by Gasteiger charge is 2.09. The summed E-state index contributed by atoms with van der Waals surface area (Å²) in [6.07, 6.45) is 0. The van der Waals surface area contributed by atoms with Crippen LogP contribution in [0.5, 0.6) is 5.75 Å². The Morgan fingerprint density at radius 2 is 1.80 bits per heavy atom. The van der Waals surface area contributed by atoms with Gasteiger partial charge in [-0.05, 0) is 56.0 Å². The number of carboxylic acid groups (broad SMARTS) is 1. The number of rotatable bonds is 3. The van der Waals surface area contributed by atoms with Crippen LogP contribution in [0, 0.1) is 27.7 Å². The van der Waals surface area contributed by atoms with Gasteiger partial charge in [-0.15, -0.1) is 0 Å². The van der Waals surface area contributed by atoms with Gasteiger partial charge in [0.1, 0.15) is 5.75 Å². The molecule has 1 N–H and O–H groups in total. The fourth-order valence-electron chi connectivity index (χ4n) is 1.46. The molecule has 1 aromatic carbocycles. The molecule has 0 fully saturated rings. The van der Waals surface area contributed by atoms with E-state index in [9.17, 15) is 4.79 Å². The van der Waals surface area contributed by atoms with E-state index in [2.05, 4.69) is 6.92 Å². The van der Waals surface area contributed by atoms with Crippen molar-refractivity contribution in [3.63, 3.8) is 0 Å². The molecule has 0 aromatic heterocycles. The van der Waals surface area contributed by atoms with Gasteiger partial charge in [-0.2, -0.15) is 0 Å². The summed E-state index contributed by atoms with van der Waals surface area (Å²) < 4.78 is 5.22. The molecule has 0 saturated heterocycles. The first-order valence-corrected chi connectivity index (χ1v) is 4.85. The van der Waals surface area contributed by atoms with E-state index in [0.717, 1.165) is 16.7 Å². The number of carbonyl (C=O) groups is 1. The Balaban J connectivity index is 3.04. The van der Waals surface area contributed by atoms with Gasteiger partial charge >= 0.3 is 5.97 Å². The first-order chi connectivity index (χ1) is 6.93. The maximum Gasteiger partial charge on any atom is 0.341 e. The summed E-state index contributed by atoms with van der Waals surface area (Å²) in [4.78, 5) is 10.4. The van der Waals surface area contributed by atoms with Crippen molar-refractivity contribution in [2.45, 2.75) is 27.7 Å². The van der Waals surface area contributed by atoms with Crippen LogP contribution < -0.4 is 4.74 Å². The number of aliphatic carboxylic acids is 1. The Kier molecular flexibility index (Phi) is 3.35. The van der Waals surface area contributed by atoms with Crippen molar-refractivity contribution in [3.05, 3.63) is 28.3 Å². The Morgan fingerprint density at radius 1 is 1.20 bits per heavy atom. The lowest BCUT2D eigenvalue weighted by Gasteiger charge is -2.14. The lowest BCUT2D eigenvalue weighted by molar-refractivity contribution is -0.139. The molecule has 0 radical (unpaired) electrons. The van der Waals surface area contributed by atoms with E-state index in [0.29, 0.717) is 5.75 Å². The Hall–Kier alpha value is -1.51. The summed E-state index contributed by atoms with van der Waals surface area (Å²) in [5.41, 5.74) is 4.53. The quantitative estimate of drug-likeness (QED) is 0.829. The molecule has 0 atom stereocenters. The van der Waals surface area contributed by atoms with Crippen LogP contribution in [-0.4, -0.2) is 17.7 Å². The topological polar surface area (TPSA) is 46.5 Å². The largest absolute Gasteiger partial charge is 0.482 e. The van der Waals surface area contributed by atoms with E-state index in [1.54, 1.807) is 0 Å². The number of carboxylic acids is 1. The normalized spacial score (nSPS) is 10.1. The zero-order chi connectivity index (χ0) is 11.6. The van der Waals surface area contributed by atoms with Crippen LogP contribution >= 0.6 is 0 Å². The molecule has 0 heterocycles. The summed E-state index contributed by atoms with van der Waals surface area (Å²) >= 11 is 0. The van der Waals surface area contributed by atoms with E-state index in [4.69, 9.17) is 9.84 Å². The third-order valence-corrected chi connectivity index (χ3v) is 2.78. The molecule has 1 rings (SSSR count). The predicted molar refractivity (Wildman–Crippen MR) is 58.5 cm³/mol. The van der Waals surface area contributed by atoms with Gasteiger partial charge in [-0.25, -0.2) is 4.79 Å². The minimum atomic E-state index is -0.953. The summed E-state index contributed by atoms with van der Waals surface area (Å²) in [6.45, 7) is 7.72. The summed E-state index contributed by atoms with van der Waals surface area (Å²) in [6, 6.07) is 1.89. The highest BCUT2D eigenvalue weighted by atomic mass is 16.5. The fourth-order valence-corrected chi connectivity index (χ4v) is 1.46. The molecule has 0 bridgehead atoms. The van der Waals surface area contributed by atoms with Gasteiger partial charge in [0.2, 0.25) is 0 Å². The third kappa shape index (κ3) is 2.49. The van der Waals surface area contributed by atoms with Gasteiger partial charge < -0.3 is 9.84 Å². The van der Waals surface area contributed by atoms with Crippen molar-refractivity contribution in [2.24, 2.45) is 0 Å². The Labute approximate surface area is 89.7 Å². The Bertz CT molecular complexity index is 394. The second kappa shape index (κ2) is 4.34. The van der Waals surface area contributed by atoms with Gasteiger partial charge in [0.15, 0.2) is 6.61 Å². The highest BCUT2D eigenvalue weighted by Crippen LogP contribution is 2.26. The van der Waals surface area contributed by atoms with Crippen molar-refractivity contribution < 1.29 is 14.6 Å². The lowest BCUT2D eigenvalue weighted by atomic mass is 9.99. The molecule has 0 unspecified atom stereocenters. The van der Waals surface area contributed by atoms with Crippen molar-refractivity contribution in [1.82, 2.24) is 0 Å². The minimum absolute atomic E-state index is 0.289. The molecule has 0 spiro atoms. The third-order valence-electron chi connectivity index (χ3n) is 2.78. The second-order valence-electron chi connectivity index (χ2n) is 3.75. The molecule has 0 aliphatic heterocycles. The molecule has 3 heteroatoms.